The predicted molar refractivity (Wildman–Crippen MR) is 90.8 cm³/mol. The van der Waals surface area contributed by atoms with Crippen molar-refractivity contribution in [2.75, 3.05) is 46.9 Å². The molecule has 0 aromatic carbocycles. The Morgan fingerprint density at radius 2 is 2.08 bits per heavy atom. The molecule has 0 amide bonds. The minimum atomic E-state index is -0.615. The first-order valence-electron chi connectivity index (χ1n) is 8.10. The smallest absolute Gasteiger partial charge is 0.280 e. The summed E-state index contributed by atoms with van der Waals surface area (Å²) in [5, 5.41) is 0. The molecule has 2 aromatic heterocycles. The summed E-state index contributed by atoms with van der Waals surface area (Å²) in [6.07, 6.45) is -0.357. The number of H-pyrrole nitrogens is 1. The molecule has 1 fully saturated rings. The third kappa shape index (κ3) is 3.44. The first-order chi connectivity index (χ1) is 12.6. The summed E-state index contributed by atoms with van der Waals surface area (Å²) in [5.41, 5.74) is 5.73. The molecule has 1 aliphatic heterocycles. The van der Waals surface area contributed by atoms with Gasteiger partial charge in [-0.3, -0.25) is 14.3 Å². The second-order valence-corrected chi connectivity index (χ2v) is 5.82. The number of nitrogens with one attached hydrogen (secondary N) is 1. The van der Waals surface area contributed by atoms with Crippen molar-refractivity contribution in [1.82, 2.24) is 19.5 Å². The fraction of sp³-hybridized carbons (Fsp3) is 0.667. The van der Waals surface area contributed by atoms with Crippen LogP contribution in [0.3, 0.4) is 0 Å². The Hall–Kier alpha value is -2.05. The van der Waals surface area contributed by atoms with Crippen molar-refractivity contribution in [1.29, 1.82) is 0 Å². The quantitative estimate of drug-likeness (QED) is 0.578. The van der Waals surface area contributed by atoms with Crippen LogP contribution in [0.25, 0.3) is 11.2 Å². The summed E-state index contributed by atoms with van der Waals surface area (Å²) in [6, 6.07) is 0. The molecule has 0 spiro atoms. The number of aromatic nitrogens is 4. The number of fused-ring (bicyclic) bond motifs is 1. The number of anilines is 1. The lowest BCUT2D eigenvalue weighted by molar-refractivity contribution is -0.0820. The Labute approximate surface area is 149 Å². The summed E-state index contributed by atoms with van der Waals surface area (Å²) >= 11 is 0. The van der Waals surface area contributed by atoms with Crippen LogP contribution < -0.4 is 11.3 Å². The zero-order chi connectivity index (χ0) is 18.7. The highest BCUT2D eigenvalue weighted by Crippen LogP contribution is 2.34. The van der Waals surface area contributed by atoms with E-state index in [4.69, 9.17) is 29.4 Å². The maximum Gasteiger partial charge on any atom is 0.280 e. The number of aromatic amines is 1. The van der Waals surface area contributed by atoms with Gasteiger partial charge in [0, 0.05) is 21.3 Å². The minimum absolute atomic E-state index is 0.00386. The summed E-state index contributed by atoms with van der Waals surface area (Å²) in [6.45, 7) is 1.09. The second kappa shape index (κ2) is 8.10. The van der Waals surface area contributed by atoms with Crippen molar-refractivity contribution < 1.29 is 23.7 Å². The lowest BCUT2D eigenvalue weighted by Crippen LogP contribution is -2.38. The first kappa shape index (κ1) is 18.7. The summed E-state index contributed by atoms with van der Waals surface area (Å²) < 4.78 is 29.5. The van der Waals surface area contributed by atoms with Gasteiger partial charge in [-0.2, -0.15) is 4.98 Å². The normalized spacial score (nSPS) is 26.0. The van der Waals surface area contributed by atoms with E-state index in [1.165, 1.54) is 6.33 Å². The molecular weight excluding hydrogens is 346 g/mol. The van der Waals surface area contributed by atoms with Gasteiger partial charge < -0.3 is 29.4 Å². The maximum absolute atomic E-state index is 12.0. The van der Waals surface area contributed by atoms with Crippen LogP contribution in [-0.4, -0.2) is 79.0 Å². The Morgan fingerprint density at radius 3 is 2.77 bits per heavy atom. The van der Waals surface area contributed by atoms with E-state index in [1.807, 2.05) is 0 Å². The first-order valence-corrected chi connectivity index (χ1v) is 8.10. The van der Waals surface area contributed by atoms with Gasteiger partial charge in [0.2, 0.25) is 5.95 Å². The Bertz CT molecular complexity index is 792. The third-order valence-corrected chi connectivity index (χ3v) is 4.21. The Kier molecular flexibility index (Phi) is 5.84. The van der Waals surface area contributed by atoms with Gasteiger partial charge in [-0.25, -0.2) is 4.98 Å². The lowest BCUT2D eigenvalue weighted by Gasteiger charge is -2.23. The molecule has 4 atom stereocenters. The van der Waals surface area contributed by atoms with Crippen molar-refractivity contribution in [2.24, 2.45) is 0 Å². The molecule has 1 saturated heterocycles. The largest absolute Gasteiger partial charge is 0.382 e. The number of hydrogen-bond donors (Lipinski definition) is 2. The van der Waals surface area contributed by atoms with Crippen molar-refractivity contribution in [3.05, 3.63) is 16.7 Å². The van der Waals surface area contributed by atoms with Crippen molar-refractivity contribution >= 4 is 17.1 Å². The fourth-order valence-electron chi connectivity index (χ4n) is 3.09. The molecule has 11 heteroatoms. The number of methoxy groups -OCH3 is 3. The van der Waals surface area contributed by atoms with Crippen LogP contribution in [0, 0.1) is 0 Å². The molecule has 0 saturated carbocycles. The van der Waals surface area contributed by atoms with Crippen LogP contribution in [0.2, 0.25) is 0 Å². The van der Waals surface area contributed by atoms with E-state index in [1.54, 1.807) is 25.9 Å². The van der Waals surface area contributed by atoms with Crippen LogP contribution in [0.15, 0.2) is 11.1 Å². The van der Waals surface area contributed by atoms with Crippen LogP contribution in [0.1, 0.15) is 6.23 Å². The summed E-state index contributed by atoms with van der Waals surface area (Å²) in [5.74, 6) is -0.00386. The van der Waals surface area contributed by atoms with Gasteiger partial charge in [0.25, 0.3) is 5.56 Å². The summed E-state index contributed by atoms with van der Waals surface area (Å²) in [7, 11) is 4.76. The van der Waals surface area contributed by atoms with E-state index in [2.05, 4.69) is 15.0 Å². The van der Waals surface area contributed by atoms with E-state index in [0.29, 0.717) is 25.5 Å². The van der Waals surface area contributed by atoms with Crippen LogP contribution in [0.4, 0.5) is 5.95 Å². The van der Waals surface area contributed by atoms with Crippen molar-refractivity contribution in [3.63, 3.8) is 0 Å². The number of ether oxygens (including phenoxy) is 5. The minimum Gasteiger partial charge on any atom is -0.382 e. The SMILES string of the molecule is COCCO[C@H]1C(OC)[C@@H](COC)O[C@H]1n1cnc2c(=O)[nH]c(N)nc21. The fourth-order valence-corrected chi connectivity index (χ4v) is 3.09. The number of nitrogen functional groups attached to an aromatic ring is 1. The van der Waals surface area contributed by atoms with Gasteiger partial charge in [0.05, 0.1) is 26.1 Å². The number of imidazole rings is 1. The number of nitrogens with two attached hydrogens (primary N) is 1. The molecule has 3 heterocycles. The highest BCUT2D eigenvalue weighted by molar-refractivity contribution is 5.70. The second-order valence-electron chi connectivity index (χ2n) is 5.82. The standard InChI is InChI=1S/C15H23N5O6/c1-22-4-5-25-11-10(24-3)8(6-23-2)26-14(11)20-7-17-9-12(20)18-15(16)19-13(9)21/h7-8,10-11,14H,4-6H2,1-3H3,(H3,16,18,19,21)/t8-,10?,11+,14-/m1/s1. The lowest BCUT2D eigenvalue weighted by atomic mass is 10.1. The molecule has 1 unspecified atom stereocenters. The molecular formula is C15H23N5O6. The highest BCUT2D eigenvalue weighted by Gasteiger charge is 2.47. The third-order valence-electron chi connectivity index (χ3n) is 4.21. The van der Waals surface area contributed by atoms with Gasteiger partial charge in [0.15, 0.2) is 17.4 Å². The molecule has 26 heavy (non-hydrogen) atoms. The van der Waals surface area contributed by atoms with E-state index in [0.717, 1.165) is 0 Å². The monoisotopic (exact) mass is 369 g/mol. The average molecular weight is 369 g/mol. The van der Waals surface area contributed by atoms with Crippen LogP contribution >= 0.6 is 0 Å². The molecule has 0 aliphatic carbocycles. The molecule has 1 aliphatic rings. The van der Waals surface area contributed by atoms with Gasteiger partial charge >= 0.3 is 0 Å². The zero-order valence-electron chi connectivity index (χ0n) is 14.9. The maximum atomic E-state index is 12.0. The average Bonchev–Trinajstić information content (AvgIpc) is 3.17. The van der Waals surface area contributed by atoms with Gasteiger partial charge in [0.1, 0.15) is 18.3 Å². The van der Waals surface area contributed by atoms with Crippen molar-refractivity contribution in [2.45, 2.75) is 24.5 Å². The van der Waals surface area contributed by atoms with E-state index >= 15 is 0 Å². The van der Waals surface area contributed by atoms with Gasteiger partial charge in [-0.05, 0) is 0 Å². The van der Waals surface area contributed by atoms with Gasteiger partial charge in [-0.15, -0.1) is 0 Å². The predicted octanol–water partition coefficient (Wildman–Crippen LogP) is -0.708. The van der Waals surface area contributed by atoms with Crippen molar-refractivity contribution in [3.8, 4) is 0 Å². The molecule has 0 bridgehead atoms. The molecule has 0 radical (unpaired) electrons. The molecule has 144 valence electrons. The van der Waals surface area contributed by atoms with E-state index < -0.39 is 17.9 Å². The molecule has 11 nitrogen and oxygen atoms in total. The van der Waals surface area contributed by atoms with E-state index in [9.17, 15) is 4.79 Å². The van der Waals surface area contributed by atoms with Gasteiger partial charge in [-0.1, -0.05) is 0 Å². The number of hydrogen-bond acceptors (Lipinski definition) is 9. The van der Waals surface area contributed by atoms with E-state index in [-0.39, 0.29) is 23.7 Å². The molecule has 3 rings (SSSR count). The van der Waals surface area contributed by atoms with Crippen LogP contribution in [-0.2, 0) is 23.7 Å². The zero-order valence-corrected chi connectivity index (χ0v) is 14.9. The Balaban J connectivity index is 1.98. The molecule has 2 aromatic rings. The number of nitrogens with zero attached hydrogens (tertiary/aromatic N) is 3. The summed E-state index contributed by atoms with van der Waals surface area (Å²) in [4.78, 5) is 22.8. The molecule has 3 N–H and O–H groups in total. The topological polar surface area (TPSA) is 136 Å². The highest BCUT2D eigenvalue weighted by atomic mass is 16.6. The Morgan fingerprint density at radius 1 is 1.27 bits per heavy atom. The number of rotatable bonds is 8. The van der Waals surface area contributed by atoms with Crippen LogP contribution in [0.5, 0.6) is 0 Å².